The van der Waals surface area contributed by atoms with Crippen molar-refractivity contribution in [2.45, 2.75) is 18.9 Å². The molecule has 0 aliphatic carbocycles. The molecule has 9 nitrogen and oxygen atoms in total. The Morgan fingerprint density at radius 2 is 2.17 bits per heavy atom. The molecule has 1 fully saturated rings. The van der Waals surface area contributed by atoms with E-state index in [0.29, 0.717) is 35.9 Å². The van der Waals surface area contributed by atoms with E-state index >= 15 is 0 Å². The van der Waals surface area contributed by atoms with Crippen molar-refractivity contribution < 1.29 is 12.8 Å². The Morgan fingerprint density at radius 1 is 1.31 bits per heavy atom. The number of nitriles is 1. The van der Waals surface area contributed by atoms with Crippen LogP contribution in [0.25, 0.3) is 17.2 Å². The summed E-state index contributed by atoms with van der Waals surface area (Å²) in [6.45, 7) is 0.675. The van der Waals surface area contributed by atoms with Crippen LogP contribution in [-0.2, 0) is 10.0 Å². The first-order chi connectivity index (χ1) is 14.0. The summed E-state index contributed by atoms with van der Waals surface area (Å²) >= 11 is 0. The van der Waals surface area contributed by atoms with E-state index in [1.807, 2.05) is 0 Å². The summed E-state index contributed by atoms with van der Waals surface area (Å²) in [5.74, 6) is -0.0157. The number of pyridine rings is 1. The molecule has 0 saturated carbocycles. The van der Waals surface area contributed by atoms with Crippen LogP contribution in [0.1, 0.15) is 12.8 Å². The van der Waals surface area contributed by atoms with Crippen LogP contribution in [0.4, 0.5) is 10.2 Å². The Labute approximate surface area is 166 Å². The van der Waals surface area contributed by atoms with Gasteiger partial charge in [-0.2, -0.15) is 9.57 Å². The Morgan fingerprint density at radius 3 is 3.00 bits per heavy atom. The molecule has 3 aromatic rings. The molecule has 1 atom stereocenters. The molecule has 1 N–H and O–H groups in total. The van der Waals surface area contributed by atoms with Gasteiger partial charge < -0.3 is 5.32 Å². The average Bonchev–Trinajstić information content (AvgIpc) is 3.11. The fraction of sp³-hybridized carbons (Fsp3) is 0.333. The molecule has 29 heavy (non-hydrogen) atoms. The molecule has 150 valence electrons. The standard InChI is InChI=1S/C18H18FN7O2S/c19-13-3-4-17-22-10-15(26(17)11-13)18-21-7-5-16(24-18)23-14-2-1-8-25(12-14)29(27,28)9-6-20/h3-5,7,10-11,14H,1-2,8-9,12H2,(H,21,23,24). The van der Waals surface area contributed by atoms with E-state index in [1.165, 1.54) is 16.6 Å². The highest BCUT2D eigenvalue weighted by Gasteiger charge is 2.28. The molecule has 4 rings (SSSR count). The largest absolute Gasteiger partial charge is 0.366 e. The molecule has 3 aromatic heterocycles. The van der Waals surface area contributed by atoms with E-state index in [1.54, 1.807) is 35.0 Å². The van der Waals surface area contributed by atoms with Gasteiger partial charge in [0.25, 0.3) is 0 Å². The predicted molar refractivity (Wildman–Crippen MR) is 104 cm³/mol. The SMILES string of the molecule is N#CCS(=O)(=O)N1CCCC(Nc2ccnc(-c3cnc4ccc(F)cn34)n2)C1. The quantitative estimate of drug-likeness (QED) is 0.674. The summed E-state index contributed by atoms with van der Waals surface area (Å²) in [4.78, 5) is 13.0. The lowest BCUT2D eigenvalue weighted by Gasteiger charge is -2.32. The van der Waals surface area contributed by atoms with Crippen molar-refractivity contribution in [3.63, 3.8) is 0 Å². The van der Waals surface area contributed by atoms with Crippen LogP contribution in [0.3, 0.4) is 0 Å². The third kappa shape index (κ3) is 4.03. The molecule has 1 unspecified atom stereocenters. The normalized spacial score (nSPS) is 17.9. The highest BCUT2D eigenvalue weighted by atomic mass is 32.2. The molecule has 4 heterocycles. The van der Waals surface area contributed by atoms with E-state index in [4.69, 9.17) is 5.26 Å². The average molecular weight is 415 g/mol. The van der Waals surface area contributed by atoms with Gasteiger partial charge in [0.15, 0.2) is 11.6 Å². The van der Waals surface area contributed by atoms with Crippen molar-refractivity contribution in [1.82, 2.24) is 23.7 Å². The Balaban J connectivity index is 1.55. The van der Waals surface area contributed by atoms with Gasteiger partial charge in [0.05, 0.1) is 12.3 Å². The molecule has 0 bridgehead atoms. The number of hydrogen-bond acceptors (Lipinski definition) is 7. The van der Waals surface area contributed by atoms with Crippen LogP contribution < -0.4 is 5.32 Å². The van der Waals surface area contributed by atoms with Crippen LogP contribution in [0, 0.1) is 17.1 Å². The van der Waals surface area contributed by atoms with Crippen molar-refractivity contribution in [3.05, 3.63) is 42.6 Å². The topological polar surface area (TPSA) is 116 Å². The van der Waals surface area contributed by atoms with Gasteiger partial charge in [0, 0.05) is 31.5 Å². The zero-order valence-corrected chi connectivity index (χ0v) is 16.2. The number of piperidine rings is 1. The van der Waals surface area contributed by atoms with Gasteiger partial charge >= 0.3 is 0 Å². The number of nitrogens with zero attached hydrogens (tertiary/aromatic N) is 6. The number of aromatic nitrogens is 4. The summed E-state index contributed by atoms with van der Waals surface area (Å²) < 4.78 is 40.8. The molecule has 0 aromatic carbocycles. The zero-order valence-electron chi connectivity index (χ0n) is 15.4. The van der Waals surface area contributed by atoms with E-state index in [9.17, 15) is 12.8 Å². The number of sulfonamides is 1. The molecule has 1 aliphatic rings. The summed E-state index contributed by atoms with van der Waals surface area (Å²) in [7, 11) is -3.58. The first-order valence-electron chi connectivity index (χ1n) is 9.03. The van der Waals surface area contributed by atoms with Crippen LogP contribution in [0.5, 0.6) is 0 Å². The maximum Gasteiger partial charge on any atom is 0.227 e. The summed E-state index contributed by atoms with van der Waals surface area (Å²) in [5.41, 5.74) is 1.12. The summed E-state index contributed by atoms with van der Waals surface area (Å²) in [6, 6.07) is 6.16. The molecular formula is C18H18FN7O2S. The molecule has 0 spiro atoms. The molecule has 0 amide bonds. The van der Waals surface area contributed by atoms with E-state index in [-0.39, 0.29) is 12.6 Å². The second-order valence-electron chi connectivity index (χ2n) is 6.74. The van der Waals surface area contributed by atoms with Gasteiger partial charge in [0.1, 0.15) is 23.0 Å². The monoisotopic (exact) mass is 415 g/mol. The number of halogens is 1. The van der Waals surface area contributed by atoms with Crippen molar-refractivity contribution in [1.29, 1.82) is 5.26 Å². The van der Waals surface area contributed by atoms with Gasteiger partial charge in [0.2, 0.25) is 10.0 Å². The maximum atomic E-state index is 13.6. The van der Waals surface area contributed by atoms with Crippen LogP contribution in [0.2, 0.25) is 0 Å². The number of anilines is 1. The minimum absolute atomic E-state index is 0.139. The van der Waals surface area contributed by atoms with Crippen molar-refractivity contribution >= 4 is 21.5 Å². The number of nitrogens with one attached hydrogen (secondary N) is 1. The smallest absolute Gasteiger partial charge is 0.227 e. The predicted octanol–water partition coefficient (Wildman–Crippen LogP) is 1.66. The number of imidazole rings is 1. The Hall–Kier alpha value is -3.10. The third-order valence-electron chi connectivity index (χ3n) is 4.73. The van der Waals surface area contributed by atoms with Gasteiger partial charge in [-0.1, -0.05) is 0 Å². The highest BCUT2D eigenvalue weighted by molar-refractivity contribution is 7.89. The lowest BCUT2D eigenvalue weighted by atomic mass is 10.1. The number of rotatable bonds is 5. The fourth-order valence-corrected chi connectivity index (χ4v) is 4.54. The lowest BCUT2D eigenvalue weighted by molar-refractivity contribution is 0.328. The molecule has 1 aliphatic heterocycles. The Bertz CT molecular complexity index is 1190. The van der Waals surface area contributed by atoms with E-state index in [2.05, 4.69) is 20.3 Å². The molecule has 0 radical (unpaired) electrons. The van der Waals surface area contributed by atoms with Gasteiger partial charge in [-0.05, 0) is 31.0 Å². The van der Waals surface area contributed by atoms with Crippen molar-refractivity contribution in [2.75, 3.05) is 24.2 Å². The highest BCUT2D eigenvalue weighted by Crippen LogP contribution is 2.21. The second kappa shape index (κ2) is 7.73. The van der Waals surface area contributed by atoms with Gasteiger partial charge in [-0.15, -0.1) is 0 Å². The molecule has 11 heteroatoms. The third-order valence-corrected chi connectivity index (χ3v) is 6.34. The fourth-order valence-electron chi connectivity index (χ4n) is 3.38. The molecular weight excluding hydrogens is 397 g/mol. The van der Waals surface area contributed by atoms with Gasteiger partial charge in [-0.25, -0.2) is 27.8 Å². The van der Waals surface area contributed by atoms with Crippen LogP contribution in [-0.4, -0.2) is 57.0 Å². The second-order valence-corrected chi connectivity index (χ2v) is 8.71. The number of hydrogen-bond donors (Lipinski definition) is 1. The minimum Gasteiger partial charge on any atom is -0.366 e. The number of fused-ring (bicyclic) bond motifs is 1. The van der Waals surface area contributed by atoms with Crippen molar-refractivity contribution in [3.8, 4) is 17.6 Å². The van der Waals surface area contributed by atoms with Crippen LogP contribution >= 0.6 is 0 Å². The Kier molecular flexibility index (Phi) is 5.12. The van der Waals surface area contributed by atoms with Crippen molar-refractivity contribution in [2.24, 2.45) is 0 Å². The van der Waals surface area contributed by atoms with E-state index < -0.39 is 21.6 Å². The maximum absolute atomic E-state index is 13.6. The van der Waals surface area contributed by atoms with E-state index in [0.717, 1.165) is 6.42 Å². The van der Waals surface area contributed by atoms with Gasteiger partial charge in [-0.3, -0.25) is 4.40 Å². The first-order valence-corrected chi connectivity index (χ1v) is 10.6. The zero-order chi connectivity index (χ0) is 20.4. The molecule has 1 saturated heterocycles. The minimum atomic E-state index is -3.58. The first kappa shape index (κ1) is 19.2. The van der Waals surface area contributed by atoms with Crippen LogP contribution in [0.15, 0.2) is 36.8 Å². The summed E-state index contributed by atoms with van der Waals surface area (Å²) in [6.07, 6.45) is 5.94. The lowest BCUT2D eigenvalue weighted by Crippen LogP contribution is -2.45. The summed E-state index contributed by atoms with van der Waals surface area (Å²) in [5, 5.41) is 12.0.